The van der Waals surface area contributed by atoms with E-state index < -0.39 is 23.0 Å². The molecular formula is C24H31NO6S. The van der Waals surface area contributed by atoms with Gasteiger partial charge in [-0.2, -0.15) is 0 Å². The lowest BCUT2D eigenvalue weighted by Crippen LogP contribution is -2.14. The number of carbonyl (C=O) groups is 2. The Balaban J connectivity index is 2.54. The Morgan fingerprint density at radius 2 is 1.38 bits per heavy atom. The lowest BCUT2D eigenvalue weighted by atomic mass is 10.1. The van der Waals surface area contributed by atoms with Crippen LogP contribution >= 0.6 is 0 Å². The quantitative estimate of drug-likeness (QED) is 0.386. The number of ether oxygens (including phenoxy) is 2. The van der Waals surface area contributed by atoms with E-state index in [1.54, 1.807) is 32.9 Å². The van der Waals surface area contributed by atoms with E-state index in [2.05, 4.69) is 5.32 Å². The van der Waals surface area contributed by atoms with Crippen molar-refractivity contribution < 1.29 is 27.5 Å². The van der Waals surface area contributed by atoms with Gasteiger partial charge in [-0.05, 0) is 45.7 Å². The van der Waals surface area contributed by atoms with Crippen molar-refractivity contribution in [3.63, 3.8) is 0 Å². The van der Waals surface area contributed by atoms with E-state index in [4.69, 9.17) is 13.7 Å². The zero-order chi connectivity index (χ0) is 23.7. The first-order chi connectivity index (χ1) is 15.3. The fraction of sp³-hybridized carbons (Fsp3) is 0.417. The van der Waals surface area contributed by atoms with Crippen molar-refractivity contribution in [2.75, 3.05) is 37.4 Å². The van der Waals surface area contributed by atoms with E-state index in [-0.39, 0.29) is 19.0 Å². The molecule has 0 fully saturated rings. The molecule has 0 spiro atoms. The molecule has 2 aliphatic rings. The Morgan fingerprint density at radius 3 is 1.84 bits per heavy atom. The maximum Gasteiger partial charge on any atom is 0.340 e. The van der Waals surface area contributed by atoms with Gasteiger partial charge in [0.2, 0.25) is 0 Å². The first-order valence-electron chi connectivity index (χ1n) is 10.6. The smallest absolute Gasteiger partial charge is 0.340 e. The predicted molar refractivity (Wildman–Crippen MR) is 126 cm³/mol. The van der Waals surface area contributed by atoms with Gasteiger partial charge in [0.25, 0.3) is 0 Å². The molecule has 0 aromatic heterocycles. The molecule has 2 rings (SSSR count). The number of nitrogens with one attached hydrogen (secondary N) is 1. The molecule has 2 aliphatic carbocycles. The third-order valence-corrected chi connectivity index (χ3v) is 6.05. The minimum absolute atomic E-state index is 0.208. The summed E-state index contributed by atoms with van der Waals surface area (Å²) >= 11 is -1.40. The van der Waals surface area contributed by atoms with Crippen LogP contribution in [-0.2, 0) is 24.7 Å². The monoisotopic (exact) mass is 461 g/mol. The van der Waals surface area contributed by atoms with E-state index in [0.29, 0.717) is 41.1 Å². The SMILES string of the molecule is CCOC(=O)c1c2cccccc-2c(C(=O)OCC)c1NC/C(C)=C(/C)CS(=O)OCC. The summed E-state index contributed by atoms with van der Waals surface area (Å²) in [4.78, 5) is 25.8. The Morgan fingerprint density at radius 1 is 0.844 bits per heavy atom. The third kappa shape index (κ3) is 6.17. The molecule has 0 saturated heterocycles. The van der Waals surface area contributed by atoms with Gasteiger partial charge in [-0.15, -0.1) is 0 Å². The van der Waals surface area contributed by atoms with Crippen LogP contribution in [0, 0.1) is 0 Å². The average Bonchev–Trinajstić information content (AvgIpc) is 2.87. The predicted octanol–water partition coefficient (Wildman–Crippen LogP) is 4.59. The van der Waals surface area contributed by atoms with Gasteiger partial charge in [0.05, 0.1) is 42.4 Å². The van der Waals surface area contributed by atoms with E-state index >= 15 is 0 Å². The molecule has 174 valence electrons. The van der Waals surface area contributed by atoms with Gasteiger partial charge < -0.3 is 14.8 Å². The van der Waals surface area contributed by atoms with Gasteiger partial charge in [-0.1, -0.05) is 41.5 Å². The van der Waals surface area contributed by atoms with Crippen LogP contribution in [0.2, 0.25) is 0 Å². The highest BCUT2D eigenvalue weighted by molar-refractivity contribution is 7.80. The largest absolute Gasteiger partial charge is 0.462 e. The molecule has 1 unspecified atom stereocenters. The van der Waals surface area contributed by atoms with Crippen molar-refractivity contribution >= 4 is 28.7 Å². The van der Waals surface area contributed by atoms with E-state index in [9.17, 15) is 13.8 Å². The van der Waals surface area contributed by atoms with Crippen LogP contribution in [0.25, 0.3) is 11.1 Å². The normalized spacial score (nSPS) is 12.8. The fourth-order valence-electron chi connectivity index (χ4n) is 3.23. The molecule has 0 aromatic carbocycles. The van der Waals surface area contributed by atoms with Crippen LogP contribution in [-0.4, -0.2) is 48.3 Å². The van der Waals surface area contributed by atoms with Crippen molar-refractivity contribution in [3.8, 4) is 11.1 Å². The van der Waals surface area contributed by atoms with Crippen LogP contribution in [0.15, 0.2) is 41.5 Å². The van der Waals surface area contributed by atoms with Gasteiger partial charge in [-0.25, -0.2) is 13.8 Å². The maximum atomic E-state index is 12.9. The number of esters is 2. The minimum Gasteiger partial charge on any atom is -0.462 e. The standard InChI is InChI=1S/C24H31NO6S/c1-6-29-23(26)20-18-12-10-9-11-13-19(18)21(24(27)30-7-2)22(20)25-14-16(4)17(5)15-32(28)31-8-3/h9-13,25H,6-8,14-15H2,1-5H3/b17-16-. The highest BCUT2D eigenvalue weighted by atomic mass is 32.2. The van der Waals surface area contributed by atoms with Gasteiger partial charge in [0.1, 0.15) is 0 Å². The number of fused-ring (bicyclic) bond motifs is 1. The number of hydrogen-bond donors (Lipinski definition) is 1. The van der Waals surface area contributed by atoms with Crippen molar-refractivity contribution in [2.45, 2.75) is 34.6 Å². The molecule has 0 bridgehead atoms. The molecule has 0 heterocycles. The number of hydrogen-bond acceptors (Lipinski definition) is 7. The van der Waals surface area contributed by atoms with Crippen LogP contribution in [0.1, 0.15) is 55.3 Å². The first-order valence-corrected chi connectivity index (χ1v) is 11.9. The molecule has 0 radical (unpaired) electrons. The lowest BCUT2D eigenvalue weighted by molar-refractivity contribution is 0.0525. The van der Waals surface area contributed by atoms with Crippen molar-refractivity contribution in [1.82, 2.24) is 0 Å². The highest BCUT2D eigenvalue weighted by Gasteiger charge is 2.32. The number of anilines is 1. The van der Waals surface area contributed by atoms with Crippen LogP contribution in [0.4, 0.5) is 5.69 Å². The van der Waals surface area contributed by atoms with Gasteiger partial charge in [-0.3, -0.25) is 4.18 Å². The molecule has 8 heteroatoms. The maximum absolute atomic E-state index is 12.9. The summed E-state index contributed by atoms with van der Waals surface area (Å²) in [7, 11) is 0. The zero-order valence-corrected chi connectivity index (χ0v) is 20.1. The van der Waals surface area contributed by atoms with E-state index in [1.807, 2.05) is 32.0 Å². The van der Waals surface area contributed by atoms with Crippen molar-refractivity contribution in [1.29, 1.82) is 0 Å². The Kier molecular flexibility index (Phi) is 9.87. The minimum atomic E-state index is -1.40. The second-order valence-corrected chi connectivity index (χ2v) is 8.20. The Bertz CT molecular complexity index is 932. The average molecular weight is 462 g/mol. The summed E-state index contributed by atoms with van der Waals surface area (Å²) in [5.41, 5.74) is 4.01. The first kappa shape index (κ1) is 25.5. The van der Waals surface area contributed by atoms with Crippen molar-refractivity contribution in [2.24, 2.45) is 0 Å². The summed E-state index contributed by atoms with van der Waals surface area (Å²) in [5.74, 6) is -0.745. The molecule has 1 atom stereocenters. The summed E-state index contributed by atoms with van der Waals surface area (Å²) in [6.07, 6.45) is 0. The molecule has 7 nitrogen and oxygen atoms in total. The van der Waals surface area contributed by atoms with Gasteiger partial charge in [0, 0.05) is 6.54 Å². The lowest BCUT2D eigenvalue weighted by Gasteiger charge is -2.13. The zero-order valence-electron chi connectivity index (χ0n) is 19.3. The van der Waals surface area contributed by atoms with E-state index in [1.165, 1.54) is 0 Å². The molecule has 0 aliphatic heterocycles. The van der Waals surface area contributed by atoms with Crippen LogP contribution in [0.5, 0.6) is 0 Å². The second kappa shape index (κ2) is 12.4. The van der Waals surface area contributed by atoms with Crippen LogP contribution in [0.3, 0.4) is 0 Å². The van der Waals surface area contributed by atoms with Gasteiger partial charge >= 0.3 is 11.9 Å². The summed E-state index contributed by atoms with van der Waals surface area (Å²) in [5, 5.41) is 3.25. The third-order valence-electron chi connectivity index (χ3n) is 4.88. The molecular weight excluding hydrogens is 430 g/mol. The molecule has 32 heavy (non-hydrogen) atoms. The second-order valence-electron chi connectivity index (χ2n) is 7.07. The summed E-state index contributed by atoms with van der Waals surface area (Å²) < 4.78 is 27.6. The summed E-state index contributed by atoms with van der Waals surface area (Å²) in [6.45, 7) is 10.2. The molecule has 1 N–H and O–H groups in total. The highest BCUT2D eigenvalue weighted by Crippen LogP contribution is 2.41. The van der Waals surface area contributed by atoms with E-state index in [0.717, 1.165) is 11.1 Å². The van der Waals surface area contributed by atoms with Crippen molar-refractivity contribution in [3.05, 3.63) is 52.6 Å². The molecule has 0 amide bonds. The number of rotatable bonds is 11. The topological polar surface area (TPSA) is 90.9 Å². The molecule has 0 saturated carbocycles. The Hall–Kier alpha value is -2.71. The van der Waals surface area contributed by atoms with Gasteiger partial charge in [0.15, 0.2) is 11.1 Å². The van der Waals surface area contributed by atoms with Crippen LogP contribution < -0.4 is 5.32 Å². The number of carbonyl (C=O) groups excluding carboxylic acids is 2. The Labute approximate surface area is 192 Å². The fourth-order valence-corrected chi connectivity index (χ4v) is 4.18. The summed E-state index contributed by atoms with van der Waals surface area (Å²) in [6, 6.07) is 9.01. The molecule has 0 aromatic rings.